The Hall–Kier alpha value is -1.28. The molecule has 0 heterocycles. The van der Waals surface area contributed by atoms with E-state index < -0.39 is 15.9 Å². The van der Waals surface area contributed by atoms with Crippen LogP contribution in [0.4, 0.5) is 5.69 Å². The third-order valence-corrected chi connectivity index (χ3v) is 3.65. The van der Waals surface area contributed by atoms with Crippen LogP contribution in [-0.2, 0) is 4.79 Å². The first-order chi connectivity index (χ1) is 11.1. The second kappa shape index (κ2) is 9.27. The highest BCUT2D eigenvalue weighted by molar-refractivity contribution is 7.80. The minimum Gasteiger partial charge on any atom is -0.545 e. The number of halogens is 3. The van der Waals surface area contributed by atoms with Crippen LogP contribution in [0.5, 0.6) is 0 Å². The minimum atomic E-state index is -1.87. The summed E-state index contributed by atoms with van der Waals surface area (Å²) < 4.78 is -1.87. The molecule has 0 aromatic heterocycles. The predicted octanol–water partition coefficient (Wildman–Crippen LogP) is 1.95. The minimum absolute atomic E-state index is 0.0307. The first-order valence-corrected chi connectivity index (χ1v) is 8.43. The number of carbonyl (C=O) groups is 2. The molecule has 0 unspecified atom stereocenters. The Balaban J connectivity index is 2.82. The van der Waals surface area contributed by atoms with Crippen molar-refractivity contribution in [3.8, 4) is 0 Å². The monoisotopic (exact) mass is 410 g/mol. The van der Waals surface area contributed by atoms with Crippen molar-refractivity contribution in [3.63, 3.8) is 0 Å². The van der Waals surface area contributed by atoms with Gasteiger partial charge in [-0.1, -0.05) is 59.9 Å². The molecule has 1 amide bonds. The van der Waals surface area contributed by atoms with Crippen molar-refractivity contribution < 1.29 is 14.7 Å². The van der Waals surface area contributed by atoms with Gasteiger partial charge in [-0.2, -0.15) is 0 Å². The SMILES string of the molecule is CCCC(=O)N[C@@H](NC(=S)Nc1ccccc1C(=O)[O-])C(Cl)(Cl)Cl. The maximum absolute atomic E-state index is 11.7. The maximum Gasteiger partial charge on any atom is 0.228 e. The number of nitrogens with one attached hydrogen (secondary N) is 3. The Morgan fingerprint density at radius 1 is 1.25 bits per heavy atom. The summed E-state index contributed by atoms with van der Waals surface area (Å²) in [6.45, 7) is 1.83. The average Bonchev–Trinajstić information content (AvgIpc) is 2.46. The van der Waals surface area contributed by atoms with Crippen molar-refractivity contribution in [2.24, 2.45) is 0 Å². The lowest BCUT2D eigenvalue weighted by atomic mass is 10.2. The zero-order valence-corrected chi connectivity index (χ0v) is 15.7. The van der Waals surface area contributed by atoms with Crippen molar-refractivity contribution >= 4 is 69.7 Å². The Morgan fingerprint density at radius 2 is 1.88 bits per heavy atom. The molecule has 0 saturated carbocycles. The fourth-order valence-electron chi connectivity index (χ4n) is 1.72. The fourth-order valence-corrected chi connectivity index (χ4v) is 2.27. The summed E-state index contributed by atoms with van der Waals surface area (Å²) in [5.74, 6) is -1.69. The molecule has 1 aromatic rings. The van der Waals surface area contributed by atoms with Gasteiger partial charge in [0.05, 0.1) is 5.97 Å². The van der Waals surface area contributed by atoms with Crippen LogP contribution in [0.25, 0.3) is 0 Å². The summed E-state index contributed by atoms with van der Waals surface area (Å²) in [7, 11) is 0. The Labute approximate surface area is 159 Å². The molecule has 1 rings (SSSR count). The van der Waals surface area contributed by atoms with E-state index in [-0.39, 0.29) is 28.7 Å². The highest BCUT2D eigenvalue weighted by atomic mass is 35.6. The van der Waals surface area contributed by atoms with E-state index >= 15 is 0 Å². The highest BCUT2D eigenvalue weighted by Crippen LogP contribution is 2.29. The normalized spacial score (nSPS) is 12.2. The van der Waals surface area contributed by atoms with Gasteiger partial charge in [-0.25, -0.2) is 0 Å². The van der Waals surface area contributed by atoms with Crippen LogP contribution in [0.1, 0.15) is 30.1 Å². The summed E-state index contributed by atoms with van der Waals surface area (Å²) in [6, 6.07) is 6.02. The lowest BCUT2D eigenvalue weighted by molar-refractivity contribution is -0.254. The lowest BCUT2D eigenvalue weighted by Gasteiger charge is -2.28. The molecule has 0 saturated heterocycles. The molecule has 10 heteroatoms. The van der Waals surface area contributed by atoms with Gasteiger partial charge in [-0.3, -0.25) is 4.79 Å². The van der Waals surface area contributed by atoms with Gasteiger partial charge in [-0.05, 0) is 24.7 Å². The van der Waals surface area contributed by atoms with Crippen LogP contribution in [-0.4, -0.2) is 26.9 Å². The van der Waals surface area contributed by atoms with Crippen molar-refractivity contribution in [2.75, 3.05) is 5.32 Å². The van der Waals surface area contributed by atoms with Crippen LogP contribution in [0.2, 0.25) is 0 Å². The summed E-state index contributed by atoms with van der Waals surface area (Å²) in [5.41, 5.74) is 0.125. The molecule has 1 atom stereocenters. The largest absolute Gasteiger partial charge is 0.545 e. The Kier molecular flexibility index (Phi) is 8.02. The van der Waals surface area contributed by atoms with Gasteiger partial charge in [0, 0.05) is 17.7 Å². The van der Waals surface area contributed by atoms with Crippen LogP contribution in [0, 0.1) is 0 Å². The van der Waals surface area contributed by atoms with E-state index in [1.807, 2.05) is 6.92 Å². The van der Waals surface area contributed by atoms with Gasteiger partial charge in [0.2, 0.25) is 9.70 Å². The van der Waals surface area contributed by atoms with Gasteiger partial charge < -0.3 is 25.9 Å². The molecular formula is C14H15Cl3N3O3S-. The van der Waals surface area contributed by atoms with Gasteiger partial charge in [0.25, 0.3) is 0 Å². The number of para-hydroxylation sites is 1. The first-order valence-electron chi connectivity index (χ1n) is 6.89. The molecule has 0 aliphatic carbocycles. The Bertz CT molecular complexity index is 623. The molecule has 0 spiro atoms. The van der Waals surface area contributed by atoms with Crippen molar-refractivity contribution in [3.05, 3.63) is 29.8 Å². The molecule has 3 N–H and O–H groups in total. The average molecular weight is 412 g/mol. The molecule has 1 aromatic carbocycles. The van der Waals surface area contributed by atoms with Crippen molar-refractivity contribution in [1.29, 1.82) is 0 Å². The van der Waals surface area contributed by atoms with Crippen LogP contribution in [0.15, 0.2) is 24.3 Å². The lowest BCUT2D eigenvalue weighted by Crippen LogP contribution is -2.56. The smallest absolute Gasteiger partial charge is 0.228 e. The van der Waals surface area contributed by atoms with Gasteiger partial charge >= 0.3 is 0 Å². The molecule has 24 heavy (non-hydrogen) atoms. The van der Waals surface area contributed by atoms with Crippen molar-refractivity contribution in [1.82, 2.24) is 10.6 Å². The van der Waals surface area contributed by atoms with E-state index in [4.69, 9.17) is 47.0 Å². The summed E-state index contributed by atoms with van der Waals surface area (Å²) in [6.07, 6.45) is -0.219. The zero-order valence-electron chi connectivity index (χ0n) is 12.6. The van der Waals surface area contributed by atoms with E-state index in [0.717, 1.165) is 0 Å². The number of carboxylic acid groups (broad SMARTS) is 1. The number of carboxylic acids is 1. The quantitative estimate of drug-likeness (QED) is 0.376. The van der Waals surface area contributed by atoms with Gasteiger partial charge in [0.1, 0.15) is 6.17 Å². The summed E-state index contributed by atoms with van der Waals surface area (Å²) in [4.78, 5) is 22.8. The summed E-state index contributed by atoms with van der Waals surface area (Å²) >= 11 is 22.6. The van der Waals surface area contributed by atoms with E-state index in [1.54, 1.807) is 12.1 Å². The molecule has 0 radical (unpaired) electrons. The molecule has 0 bridgehead atoms. The van der Waals surface area contributed by atoms with Crippen LogP contribution in [0.3, 0.4) is 0 Å². The number of carbonyl (C=O) groups excluding carboxylic acids is 2. The first kappa shape index (κ1) is 20.8. The molecule has 6 nitrogen and oxygen atoms in total. The topological polar surface area (TPSA) is 93.3 Å². The van der Waals surface area contributed by atoms with Crippen LogP contribution >= 0.6 is 47.0 Å². The zero-order chi connectivity index (χ0) is 18.3. The number of alkyl halides is 3. The number of benzene rings is 1. The second-order valence-corrected chi connectivity index (χ2v) is 7.50. The molecule has 0 aliphatic heterocycles. The van der Waals surface area contributed by atoms with Crippen LogP contribution < -0.4 is 21.1 Å². The third-order valence-electron chi connectivity index (χ3n) is 2.78. The maximum atomic E-state index is 11.7. The number of thiocarbonyl (C=S) groups is 1. The number of hydrogen-bond acceptors (Lipinski definition) is 4. The number of hydrogen-bond donors (Lipinski definition) is 3. The third kappa shape index (κ3) is 6.68. The second-order valence-electron chi connectivity index (χ2n) is 4.72. The molecule has 0 fully saturated rings. The number of aromatic carboxylic acids is 1. The van der Waals surface area contributed by atoms with E-state index in [1.165, 1.54) is 12.1 Å². The van der Waals surface area contributed by atoms with E-state index in [2.05, 4.69) is 16.0 Å². The number of rotatable bonds is 6. The number of amides is 1. The van der Waals surface area contributed by atoms with Gasteiger partial charge in [-0.15, -0.1) is 0 Å². The molecular weight excluding hydrogens is 397 g/mol. The molecule has 0 aliphatic rings. The number of anilines is 1. The summed E-state index contributed by atoms with van der Waals surface area (Å²) in [5, 5.41) is 18.9. The highest BCUT2D eigenvalue weighted by Gasteiger charge is 2.34. The standard InChI is InChI=1S/C14H16Cl3N3O3S/c1-2-5-10(21)19-12(14(15,16)17)20-13(24)18-9-7-4-3-6-8(9)11(22)23/h3-4,6-7,12H,2,5H2,1H3,(H,19,21)(H,22,23)(H2,18,20,24)/p-1/t12-/m0/s1. The Morgan fingerprint density at radius 3 is 2.42 bits per heavy atom. The van der Waals surface area contributed by atoms with Gasteiger partial charge in [0.15, 0.2) is 5.11 Å². The molecule has 132 valence electrons. The fraction of sp³-hybridized carbons (Fsp3) is 0.357. The van der Waals surface area contributed by atoms with E-state index in [0.29, 0.717) is 6.42 Å². The predicted molar refractivity (Wildman–Crippen MR) is 97.3 cm³/mol. The van der Waals surface area contributed by atoms with Crippen molar-refractivity contribution in [2.45, 2.75) is 29.7 Å². The van der Waals surface area contributed by atoms with E-state index in [9.17, 15) is 14.7 Å².